The monoisotopic (exact) mass is 567 g/mol. The highest BCUT2D eigenvalue weighted by Gasteiger charge is 2.15. The van der Waals surface area contributed by atoms with Crippen LogP contribution in [-0.4, -0.2) is 55.0 Å². The summed E-state index contributed by atoms with van der Waals surface area (Å²) in [4.78, 5) is 22.8. The first-order chi connectivity index (χ1) is 18.3. The van der Waals surface area contributed by atoms with Crippen molar-refractivity contribution in [2.75, 3.05) is 40.0 Å². The molecule has 0 saturated carbocycles. The average Bonchev–Trinajstić information content (AvgIpc) is 3.25. The molecule has 1 amide bonds. The number of benzene rings is 2. The predicted octanol–water partition coefficient (Wildman–Crippen LogP) is 6.06. The van der Waals surface area contributed by atoms with E-state index in [1.807, 2.05) is 43.4 Å². The van der Waals surface area contributed by atoms with Gasteiger partial charge in [-0.05, 0) is 74.4 Å². The van der Waals surface area contributed by atoms with Crippen molar-refractivity contribution in [1.82, 2.24) is 20.1 Å². The minimum absolute atomic E-state index is 0. The van der Waals surface area contributed by atoms with Crippen LogP contribution in [0.1, 0.15) is 39.5 Å². The highest BCUT2D eigenvalue weighted by atomic mass is 35.5. The van der Waals surface area contributed by atoms with Gasteiger partial charge in [-0.15, -0.1) is 11.3 Å². The van der Waals surface area contributed by atoms with E-state index in [0.717, 1.165) is 52.0 Å². The van der Waals surface area contributed by atoms with Crippen LogP contribution in [0, 0.1) is 0 Å². The lowest BCUT2D eigenvalue weighted by Crippen LogP contribution is -2.21. The minimum atomic E-state index is -0.140. The van der Waals surface area contributed by atoms with Gasteiger partial charge in [0, 0.05) is 42.6 Å². The molecule has 4 aromatic rings. The Bertz CT molecular complexity index is 1390. The van der Waals surface area contributed by atoms with Crippen LogP contribution in [0.3, 0.4) is 0 Å². The van der Waals surface area contributed by atoms with Gasteiger partial charge in [0.15, 0.2) is 0 Å². The standard InChI is InChI=1S/C29H34ClN5O2S.CH4/c1-34(2)12-5-13-37-23-7-4-6-21(15-23)18-35(3)19-27-25(30)16-26(38-27)29(36)33-17-20-8-9-24-22(14-20)10-11-32-28(24)31;/h4,6-11,14-16H,5,12-13,17-19H2,1-3H3,(H2,31,32)(H,33,36);1H4. The average molecular weight is 568 g/mol. The van der Waals surface area contributed by atoms with Gasteiger partial charge in [0.2, 0.25) is 0 Å². The van der Waals surface area contributed by atoms with E-state index in [1.54, 1.807) is 12.3 Å². The van der Waals surface area contributed by atoms with Crippen LogP contribution < -0.4 is 15.8 Å². The molecule has 2 aromatic heterocycles. The number of hydrogen-bond donors (Lipinski definition) is 2. The number of carbonyl (C=O) groups is 1. The van der Waals surface area contributed by atoms with Crippen molar-refractivity contribution in [2.45, 2.75) is 33.5 Å². The third-order valence-electron chi connectivity index (χ3n) is 6.08. The van der Waals surface area contributed by atoms with Crippen LogP contribution >= 0.6 is 22.9 Å². The van der Waals surface area contributed by atoms with Crippen LogP contribution in [0.15, 0.2) is 60.8 Å². The Morgan fingerprint density at radius 3 is 2.69 bits per heavy atom. The number of rotatable bonds is 12. The van der Waals surface area contributed by atoms with Crippen molar-refractivity contribution in [3.63, 3.8) is 0 Å². The van der Waals surface area contributed by atoms with E-state index in [9.17, 15) is 4.79 Å². The van der Waals surface area contributed by atoms with Crippen molar-refractivity contribution >= 4 is 45.4 Å². The Balaban J connectivity index is 0.00000420. The number of anilines is 1. The van der Waals surface area contributed by atoms with E-state index in [-0.39, 0.29) is 13.3 Å². The van der Waals surface area contributed by atoms with Crippen molar-refractivity contribution in [1.29, 1.82) is 0 Å². The van der Waals surface area contributed by atoms with Crippen LogP contribution in [0.2, 0.25) is 5.02 Å². The molecular weight excluding hydrogens is 530 g/mol. The molecule has 0 aliphatic carbocycles. The molecule has 0 bridgehead atoms. The lowest BCUT2D eigenvalue weighted by atomic mass is 10.1. The molecule has 9 heteroatoms. The second-order valence-corrected chi connectivity index (χ2v) is 11.2. The Labute approximate surface area is 240 Å². The summed E-state index contributed by atoms with van der Waals surface area (Å²) in [6, 6.07) is 17.7. The number of halogens is 1. The number of fused-ring (bicyclic) bond motifs is 1. The molecule has 0 atom stereocenters. The molecule has 0 unspecified atom stereocenters. The smallest absolute Gasteiger partial charge is 0.261 e. The number of pyridine rings is 1. The van der Waals surface area contributed by atoms with E-state index in [2.05, 4.69) is 46.3 Å². The van der Waals surface area contributed by atoms with E-state index in [4.69, 9.17) is 22.1 Å². The maximum atomic E-state index is 12.8. The summed E-state index contributed by atoms with van der Waals surface area (Å²) in [5, 5.41) is 5.51. The maximum absolute atomic E-state index is 12.8. The normalized spacial score (nSPS) is 11.1. The van der Waals surface area contributed by atoms with Gasteiger partial charge in [0.1, 0.15) is 11.6 Å². The first kappa shape index (κ1) is 30.4. The number of aromatic nitrogens is 1. The minimum Gasteiger partial charge on any atom is -0.494 e. The van der Waals surface area contributed by atoms with E-state index in [1.165, 1.54) is 11.3 Å². The lowest BCUT2D eigenvalue weighted by Gasteiger charge is -2.17. The van der Waals surface area contributed by atoms with Gasteiger partial charge in [-0.25, -0.2) is 4.98 Å². The molecule has 0 aliphatic heterocycles. The summed E-state index contributed by atoms with van der Waals surface area (Å²) >= 11 is 7.94. The van der Waals surface area contributed by atoms with Crippen LogP contribution in [0.25, 0.3) is 10.8 Å². The van der Waals surface area contributed by atoms with Gasteiger partial charge in [-0.1, -0.05) is 43.3 Å². The Morgan fingerprint density at radius 2 is 1.90 bits per heavy atom. The van der Waals surface area contributed by atoms with Crippen molar-refractivity contribution in [3.05, 3.63) is 86.7 Å². The largest absolute Gasteiger partial charge is 0.494 e. The van der Waals surface area contributed by atoms with Crippen LogP contribution in [0.5, 0.6) is 5.75 Å². The van der Waals surface area contributed by atoms with Crippen molar-refractivity contribution < 1.29 is 9.53 Å². The summed E-state index contributed by atoms with van der Waals surface area (Å²) in [6.07, 6.45) is 2.67. The quantitative estimate of drug-likeness (QED) is 0.202. The number of nitrogen functional groups attached to an aromatic ring is 1. The molecule has 39 heavy (non-hydrogen) atoms. The molecule has 0 fully saturated rings. The zero-order chi connectivity index (χ0) is 27.1. The topological polar surface area (TPSA) is 83.7 Å². The fourth-order valence-electron chi connectivity index (χ4n) is 4.17. The fourth-order valence-corrected chi connectivity index (χ4v) is 5.57. The fraction of sp³-hybridized carbons (Fsp3) is 0.333. The number of hydrogen-bond acceptors (Lipinski definition) is 7. The molecule has 0 aliphatic rings. The zero-order valence-electron chi connectivity index (χ0n) is 22.0. The lowest BCUT2D eigenvalue weighted by molar-refractivity contribution is 0.0955. The molecule has 208 valence electrons. The zero-order valence-corrected chi connectivity index (χ0v) is 23.6. The molecule has 2 aromatic carbocycles. The third-order valence-corrected chi connectivity index (χ3v) is 7.64. The Hall–Kier alpha value is -3.17. The second-order valence-electron chi connectivity index (χ2n) is 9.64. The number of nitrogens with one attached hydrogen (secondary N) is 1. The number of ether oxygens (including phenoxy) is 1. The molecule has 0 saturated heterocycles. The molecule has 7 nitrogen and oxygen atoms in total. The number of carbonyl (C=O) groups excluding carboxylic acids is 1. The summed E-state index contributed by atoms with van der Waals surface area (Å²) in [5.41, 5.74) is 8.09. The summed E-state index contributed by atoms with van der Waals surface area (Å²) in [7, 11) is 6.17. The van der Waals surface area contributed by atoms with Gasteiger partial charge in [0.05, 0.1) is 16.5 Å². The van der Waals surface area contributed by atoms with Crippen LogP contribution in [0.4, 0.5) is 5.82 Å². The summed E-state index contributed by atoms with van der Waals surface area (Å²) in [5.74, 6) is 1.24. The number of thiophene rings is 1. The molecule has 0 radical (unpaired) electrons. The number of amides is 1. The van der Waals surface area contributed by atoms with E-state index >= 15 is 0 Å². The number of nitrogens with two attached hydrogens (primary N) is 1. The van der Waals surface area contributed by atoms with Gasteiger partial charge in [0.25, 0.3) is 5.91 Å². The number of nitrogens with zero attached hydrogens (tertiary/aromatic N) is 3. The summed E-state index contributed by atoms with van der Waals surface area (Å²) in [6.45, 7) is 3.49. The highest BCUT2D eigenvalue weighted by Crippen LogP contribution is 2.29. The molecule has 0 spiro atoms. The van der Waals surface area contributed by atoms with Gasteiger partial charge in [-0.2, -0.15) is 0 Å². The van der Waals surface area contributed by atoms with Crippen molar-refractivity contribution in [3.8, 4) is 5.75 Å². The molecule has 3 N–H and O–H groups in total. The molecular formula is C30H38ClN5O2S. The van der Waals surface area contributed by atoms with E-state index in [0.29, 0.717) is 35.4 Å². The molecule has 4 rings (SSSR count). The predicted molar refractivity (Wildman–Crippen MR) is 164 cm³/mol. The van der Waals surface area contributed by atoms with Gasteiger partial charge in [-0.3, -0.25) is 9.69 Å². The second kappa shape index (κ2) is 14.3. The first-order valence-corrected chi connectivity index (χ1v) is 13.7. The van der Waals surface area contributed by atoms with E-state index < -0.39 is 0 Å². The Kier molecular flexibility index (Phi) is 11.1. The Morgan fingerprint density at radius 1 is 1.08 bits per heavy atom. The summed E-state index contributed by atoms with van der Waals surface area (Å²) < 4.78 is 5.91. The van der Waals surface area contributed by atoms with Crippen molar-refractivity contribution in [2.24, 2.45) is 0 Å². The third kappa shape index (κ3) is 8.66. The van der Waals surface area contributed by atoms with Crippen LogP contribution in [-0.2, 0) is 19.6 Å². The van der Waals surface area contributed by atoms with Gasteiger partial charge >= 0.3 is 0 Å². The van der Waals surface area contributed by atoms with Gasteiger partial charge < -0.3 is 20.7 Å². The maximum Gasteiger partial charge on any atom is 0.261 e. The SMILES string of the molecule is C.CN(C)CCCOc1cccc(CN(C)Cc2sc(C(=O)NCc3ccc4c(N)nccc4c3)cc2Cl)c1. The highest BCUT2D eigenvalue weighted by molar-refractivity contribution is 7.14. The molecule has 2 heterocycles. The first-order valence-electron chi connectivity index (χ1n) is 12.5.